The summed E-state index contributed by atoms with van der Waals surface area (Å²) in [5, 5.41) is 3.20. The van der Waals surface area contributed by atoms with E-state index in [0.717, 1.165) is 31.5 Å². The van der Waals surface area contributed by atoms with Gasteiger partial charge in [-0.05, 0) is 68.5 Å². The summed E-state index contributed by atoms with van der Waals surface area (Å²) in [4.78, 5) is 27.3. The minimum Gasteiger partial charge on any atom is -0.492 e. The monoisotopic (exact) mass is 533 g/mol. The Morgan fingerprint density at radius 2 is 1.78 bits per heavy atom. The number of likely N-dealkylation sites (tertiary alicyclic amines) is 1. The molecule has 2 aliphatic heterocycles. The number of nitrogens with zero attached hydrogens (tertiary/aromatic N) is 2. The predicted molar refractivity (Wildman–Crippen MR) is 139 cm³/mol. The number of halogens is 1. The van der Waals surface area contributed by atoms with Crippen molar-refractivity contribution in [3.8, 4) is 5.75 Å². The van der Waals surface area contributed by atoms with Crippen molar-refractivity contribution in [1.82, 2.24) is 9.21 Å². The smallest absolute Gasteiger partial charge is 0.246 e. The number of sulfonamides is 1. The van der Waals surface area contributed by atoms with E-state index in [1.54, 1.807) is 31.2 Å². The fourth-order valence-corrected chi connectivity index (χ4v) is 6.59. The van der Waals surface area contributed by atoms with Crippen molar-refractivity contribution >= 4 is 39.1 Å². The summed E-state index contributed by atoms with van der Waals surface area (Å²) in [5.74, 6) is -0.344. The highest BCUT2D eigenvalue weighted by molar-refractivity contribution is 7.89. The van der Waals surface area contributed by atoms with Gasteiger partial charge in [-0.25, -0.2) is 8.42 Å². The number of rotatable bonds is 8. The number of ether oxygens (including phenoxy) is 1. The first-order valence-corrected chi connectivity index (χ1v) is 14.2. The van der Waals surface area contributed by atoms with Crippen LogP contribution in [0.15, 0.2) is 47.4 Å². The zero-order valence-electron chi connectivity index (χ0n) is 20.4. The second-order valence-corrected chi connectivity index (χ2v) is 11.5. The molecule has 2 aromatic carbocycles. The van der Waals surface area contributed by atoms with Gasteiger partial charge in [0.15, 0.2) is 0 Å². The Labute approximate surface area is 217 Å². The molecule has 36 heavy (non-hydrogen) atoms. The number of carbonyl (C=O) groups is 2. The number of hydrogen-bond acceptors (Lipinski definition) is 5. The molecule has 2 fully saturated rings. The molecule has 0 spiro atoms. The molecule has 1 unspecified atom stereocenters. The van der Waals surface area contributed by atoms with Gasteiger partial charge in [-0.15, -0.1) is 0 Å². The molecule has 0 saturated carbocycles. The molecule has 2 aliphatic rings. The van der Waals surface area contributed by atoms with Crippen LogP contribution < -0.4 is 10.1 Å². The summed E-state index contributed by atoms with van der Waals surface area (Å²) < 4.78 is 33.7. The van der Waals surface area contributed by atoms with Gasteiger partial charge in [-0.2, -0.15) is 4.31 Å². The summed E-state index contributed by atoms with van der Waals surface area (Å²) in [6, 6.07) is 11.8. The molecule has 0 bridgehead atoms. The lowest BCUT2D eigenvalue weighted by atomic mass is 9.98. The van der Waals surface area contributed by atoms with Gasteiger partial charge in [-0.3, -0.25) is 9.59 Å². The molecular weight excluding hydrogens is 502 g/mol. The van der Waals surface area contributed by atoms with E-state index in [2.05, 4.69) is 5.32 Å². The van der Waals surface area contributed by atoms with Crippen LogP contribution >= 0.6 is 11.6 Å². The average molecular weight is 534 g/mol. The van der Waals surface area contributed by atoms with Gasteiger partial charge in [0, 0.05) is 36.9 Å². The van der Waals surface area contributed by atoms with Crippen LogP contribution in [0.5, 0.6) is 5.75 Å². The first kappa shape index (κ1) is 26.4. The second kappa shape index (κ2) is 11.6. The van der Waals surface area contributed by atoms with E-state index in [0.29, 0.717) is 43.1 Å². The maximum atomic E-state index is 13.4. The molecule has 0 aliphatic carbocycles. The Morgan fingerprint density at radius 1 is 1.06 bits per heavy atom. The van der Waals surface area contributed by atoms with Crippen molar-refractivity contribution in [2.75, 3.05) is 38.1 Å². The Kier molecular flexibility index (Phi) is 8.54. The summed E-state index contributed by atoms with van der Waals surface area (Å²) in [6.07, 6.45) is 3.62. The number of hydrogen-bond donors (Lipinski definition) is 1. The lowest BCUT2D eigenvalue weighted by Gasteiger charge is -2.31. The van der Waals surface area contributed by atoms with Gasteiger partial charge in [-0.1, -0.05) is 23.7 Å². The molecule has 0 aromatic heterocycles. The van der Waals surface area contributed by atoms with Crippen LogP contribution in [0.1, 0.15) is 38.2 Å². The molecule has 2 amide bonds. The van der Waals surface area contributed by atoms with Gasteiger partial charge in [0.1, 0.15) is 10.6 Å². The van der Waals surface area contributed by atoms with Crippen LogP contribution in [0.3, 0.4) is 0 Å². The normalized spacial score (nSPS) is 18.7. The minimum atomic E-state index is -3.89. The van der Waals surface area contributed by atoms with Crippen LogP contribution in [-0.4, -0.2) is 62.2 Å². The molecule has 1 N–H and O–H groups in total. The fraction of sp³-hybridized carbons (Fsp3) is 0.462. The van der Waals surface area contributed by atoms with Crippen molar-refractivity contribution in [2.24, 2.45) is 5.92 Å². The van der Waals surface area contributed by atoms with Gasteiger partial charge in [0.2, 0.25) is 21.8 Å². The SMILES string of the molecule is CCOc1ccc(Cl)cc1S(=O)(=O)N1CCCC(C(=O)Nc2ccc(CC(=O)N3CCCC3)cc2)C1. The molecule has 8 nitrogen and oxygen atoms in total. The third-order valence-corrected chi connectivity index (χ3v) is 8.74. The molecule has 10 heteroatoms. The first-order valence-electron chi connectivity index (χ1n) is 12.4. The number of nitrogens with one attached hydrogen (secondary N) is 1. The van der Waals surface area contributed by atoms with Gasteiger partial charge in [0.25, 0.3) is 0 Å². The minimum absolute atomic E-state index is 0.0111. The standard InChI is InChI=1S/C26H32ClN3O5S/c1-2-35-23-12-9-21(27)17-24(23)36(33,34)30-15-5-6-20(18-30)26(32)28-22-10-7-19(8-11-22)16-25(31)29-13-3-4-14-29/h7-12,17,20H,2-6,13-16,18H2,1H3,(H,28,32). The van der Waals surface area contributed by atoms with Crippen molar-refractivity contribution < 1.29 is 22.7 Å². The van der Waals surface area contributed by atoms with E-state index in [1.165, 1.54) is 10.4 Å². The molecule has 4 rings (SSSR count). The Balaban J connectivity index is 1.39. The lowest BCUT2D eigenvalue weighted by molar-refractivity contribution is -0.129. The number of carbonyl (C=O) groups excluding carboxylic acids is 2. The topological polar surface area (TPSA) is 96.0 Å². The van der Waals surface area contributed by atoms with Crippen LogP contribution in [0.4, 0.5) is 5.69 Å². The Morgan fingerprint density at radius 3 is 2.47 bits per heavy atom. The van der Waals surface area contributed by atoms with E-state index in [1.807, 2.05) is 17.0 Å². The van der Waals surface area contributed by atoms with Gasteiger partial charge >= 0.3 is 0 Å². The molecule has 2 heterocycles. The molecule has 2 saturated heterocycles. The Hall–Kier alpha value is -2.62. The highest BCUT2D eigenvalue weighted by atomic mass is 35.5. The second-order valence-electron chi connectivity index (χ2n) is 9.18. The van der Waals surface area contributed by atoms with Gasteiger partial charge < -0.3 is 15.0 Å². The maximum Gasteiger partial charge on any atom is 0.246 e. The quantitative estimate of drug-likeness (QED) is 0.554. The summed E-state index contributed by atoms with van der Waals surface area (Å²) in [5.41, 5.74) is 1.51. The Bertz CT molecular complexity index is 1200. The van der Waals surface area contributed by atoms with Crippen LogP contribution in [-0.2, 0) is 26.0 Å². The molecule has 2 aromatic rings. The average Bonchev–Trinajstić information content (AvgIpc) is 3.42. The van der Waals surface area contributed by atoms with Crippen LogP contribution in [0.25, 0.3) is 0 Å². The lowest BCUT2D eigenvalue weighted by Crippen LogP contribution is -2.43. The van der Waals surface area contributed by atoms with Gasteiger partial charge in [0.05, 0.1) is 18.9 Å². The number of benzene rings is 2. The van der Waals surface area contributed by atoms with Crippen molar-refractivity contribution in [3.63, 3.8) is 0 Å². The highest BCUT2D eigenvalue weighted by Gasteiger charge is 2.35. The molecule has 1 atom stereocenters. The zero-order chi connectivity index (χ0) is 25.7. The summed E-state index contributed by atoms with van der Waals surface area (Å²) >= 11 is 6.08. The van der Waals surface area contributed by atoms with E-state index in [-0.39, 0.29) is 29.0 Å². The molecule has 0 radical (unpaired) electrons. The fourth-order valence-electron chi connectivity index (χ4n) is 4.68. The number of piperidine rings is 1. The first-order chi connectivity index (χ1) is 17.3. The third kappa shape index (κ3) is 6.19. The number of amides is 2. The predicted octanol–water partition coefficient (Wildman–Crippen LogP) is 3.94. The van der Waals surface area contributed by atoms with Crippen molar-refractivity contribution in [2.45, 2.75) is 43.9 Å². The third-order valence-electron chi connectivity index (χ3n) is 6.61. The summed E-state index contributed by atoms with van der Waals surface area (Å²) in [6.45, 7) is 4.15. The van der Waals surface area contributed by atoms with Crippen molar-refractivity contribution in [3.05, 3.63) is 53.1 Å². The van der Waals surface area contributed by atoms with E-state index >= 15 is 0 Å². The highest BCUT2D eigenvalue weighted by Crippen LogP contribution is 2.32. The van der Waals surface area contributed by atoms with E-state index in [9.17, 15) is 18.0 Å². The molecule has 194 valence electrons. The zero-order valence-corrected chi connectivity index (χ0v) is 22.0. The summed E-state index contributed by atoms with van der Waals surface area (Å²) in [7, 11) is -3.89. The number of anilines is 1. The van der Waals surface area contributed by atoms with E-state index < -0.39 is 15.9 Å². The molecular formula is C26H32ClN3O5S. The van der Waals surface area contributed by atoms with Crippen LogP contribution in [0.2, 0.25) is 5.02 Å². The largest absolute Gasteiger partial charge is 0.492 e. The van der Waals surface area contributed by atoms with Crippen LogP contribution in [0, 0.1) is 5.92 Å². The van der Waals surface area contributed by atoms with Crippen molar-refractivity contribution in [1.29, 1.82) is 0 Å². The maximum absolute atomic E-state index is 13.4. The van der Waals surface area contributed by atoms with E-state index in [4.69, 9.17) is 16.3 Å².